The van der Waals surface area contributed by atoms with Crippen molar-refractivity contribution in [3.8, 4) is 0 Å². The molecule has 0 spiro atoms. The molecule has 5 nitrogen and oxygen atoms in total. The molecule has 0 aliphatic carbocycles. The molecule has 1 rings (SSSR count). The van der Waals surface area contributed by atoms with Crippen LogP contribution in [0.2, 0.25) is 0 Å². The van der Waals surface area contributed by atoms with E-state index in [4.69, 9.17) is 5.73 Å². The van der Waals surface area contributed by atoms with Gasteiger partial charge in [-0.05, 0) is 0 Å². The summed E-state index contributed by atoms with van der Waals surface area (Å²) in [5, 5.41) is 6.86. The van der Waals surface area contributed by atoms with Crippen LogP contribution in [0.25, 0.3) is 0 Å². The van der Waals surface area contributed by atoms with E-state index in [1.165, 1.54) is 0 Å². The predicted molar refractivity (Wildman–Crippen MR) is 44.1 cm³/mol. The molecular formula is C7H12N4O. The quantitative estimate of drug-likeness (QED) is 0.605. The van der Waals surface area contributed by atoms with Gasteiger partial charge >= 0.3 is 0 Å². The Morgan fingerprint density at radius 3 is 3.08 bits per heavy atom. The van der Waals surface area contributed by atoms with Gasteiger partial charge in [-0.15, -0.1) is 0 Å². The van der Waals surface area contributed by atoms with E-state index >= 15 is 0 Å². The van der Waals surface area contributed by atoms with Gasteiger partial charge in [0.2, 0.25) is 5.91 Å². The summed E-state index contributed by atoms with van der Waals surface area (Å²) in [6, 6.07) is 0. The van der Waals surface area contributed by atoms with Crippen LogP contribution in [0.5, 0.6) is 0 Å². The molecule has 1 aromatic heterocycles. The molecule has 1 heterocycles. The van der Waals surface area contributed by atoms with Gasteiger partial charge in [0.15, 0.2) is 0 Å². The largest absolute Gasteiger partial charge is 0.369 e. The van der Waals surface area contributed by atoms with E-state index in [0.717, 1.165) is 5.56 Å². The maximum absolute atomic E-state index is 10.3. The van der Waals surface area contributed by atoms with Crippen LogP contribution in [0.4, 0.5) is 0 Å². The van der Waals surface area contributed by atoms with Gasteiger partial charge in [-0.25, -0.2) is 0 Å². The lowest BCUT2D eigenvalue weighted by Crippen LogP contribution is -2.27. The molecular weight excluding hydrogens is 156 g/mol. The van der Waals surface area contributed by atoms with E-state index in [9.17, 15) is 4.79 Å². The summed E-state index contributed by atoms with van der Waals surface area (Å²) in [7, 11) is 1.84. The third kappa shape index (κ3) is 2.71. The Morgan fingerprint density at radius 2 is 2.58 bits per heavy atom. The van der Waals surface area contributed by atoms with Gasteiger partial charge in [-0.2, -0.15) is 5.10 Å². The fourth-order valence-corrected chi connectivity index (χ4v) is 0.893. The summed E-state index contributed by atoms with van der Waals surface area (Å²) < 4.78 is 1.71. The number of rotatable bonds is 4. The molecule has 0 aromatic carbocycles. The first kappa shape index (κ1) is 8.73. The lowest BCUT2D eigenvalue weighted by molar-refractivity contribution is -0.117. The lowest BCUT2D eigenvalue weighted by Gasteiger charge is -1.97. The molecule has 1 aromatic rings. The van der Waals surface area contributed by atoms with Gasteiger partial charge < -0.3 is 11.1 Å². The van der Waals surface area contributed by atoms with Crippen LogP contribution in [0.15, 0.2) is 12.4 Å². The minimum Gasteiger partial charge on any atom is -0.369 e. The Balaban J connectivity index is 2.29. The smallest absolute Gasteiger partial charge is 0.231 e. The van der Waals surface area contributed by atoms with Gasteiger partial charge in [0.1, 0.15) is 0 Å². The standard InChI is InChI=1S/C7H12N4O/c1-11-5-6(3-10-11)2-9-4-7(8)12/h3,5,9H,2,4H2,1H3,(H2,8,12). The van der Waals surface area contributed by atoms with Crippen molar-refractivity contribution in [2.75, 3.05) is 6.54 Å². The number of nitrogens with zero attached hydrogens (tertiary/aromatic N) is 2. The molecule has 0 aliphatic rings. The molecule has 0 bridgehead atoms. The normalized spacial score (nSPS) is 10.1. The second-order valence-electron chi connectivity index (χ2n) is 2.59. The third-order valence-electron chi connectivity index (χ3n) is 1.39. The fraction of sp³-hybridized carbons (Fsp3) is 0.429. The Labute approximate surface area is 70.5 Å². The highest BCUT2D eigenvalue weighted by atomic mass is 16.1. The topological polar surface area (TPSA) is 72.9 Å². The molecule has 5 heteroatoms. The Kier molecular flexibility index (Phi) is 2.82. The SMILES string of the molecule is Cn1cc(CNCC(N)=O)cn1. The molecule has 12 heavy (non-hydrogen) atoms. The van der Waals surface area contributed by atoms with Gasteiger partial charge in [-0.1, -0.05) is 0 Å². The van der Waals surface area contributed by atoms with E-state index in [2.05, 4.69) is 10.4 Å². The van der Waals surface area contributed by atoms with E-state index in [0.29, 0.717) is 6.54 Å². The number of primary amides is 1. The molecule has 0 aliphatic heterocycles. The monoisotopic (exact) mass is 168 g/mol. The summed E-state index contributed by atoms with van der Waals surface area (Å²) in [6.07, 6.45) is 3.63. The van der Waals surface area contributed by atoms with Crippen LogP contribution in [0.3, 0.4) is 0 Å². The molecule has 0 fully saturated rings. The summed E-state index contributed by atoms with van der Waals surface area (Å²) >= 11 is 0. The van der Waals surface area contributed by atoms with Crippen LogP contribution >= 0.6 is 0 Å². The van der Waals surface area contributed by atoms with Crippen molar-refractivity contribution in [3.63, 3.8) is 0 Å². The zero-order valence-corrected chi connectivity index (χ0v) is 6.95. The van der Waals surface area contributed by atoms with Crippen molar-refractivity contribution >= 4 is 5.91 Å². The average Bonchev–Trinajstić information content (AvgIpc) is 2.35. The highest BCUT2D eigenvalue weighted by Crippen LogP contribution is 1.93. The molecule has 3 N–H and O–H groups in total. The zero-order valence-electron chi connectivity index (χ0n) is 6.95. The summed E-state index contributed by atoms with van der Waals surface area (Å²) in [5.41, 5.74) is 5.98. The van der Waals surface area contributed by atoms with Crippen LogP contribution in [0, 0.1) is 0 Å². The maximum Gasteiger partial charge on any atom is 0.231 e. The number of carbonyl (C=O) groups is 1. The summed E-state index contributed by atoms with van der Waals surface area (Å²) in [5.74, 6) is -0.348. The number of aryl methyl sites for hydroxylation is 1. The lowest BCUT2D eigenvalue weighted by atomic mass is 10.3. The van der Waals surface area contributed by atoms with Crippen LogP contribution < -0.4 is 11.1 Å². The molecule has 0 radical (unpaired) electrons. The third-order valence-corrected chi connectivity index (χ3v) is 1.39. The summed E-state index contributed by atoms with van der Waals surface area (Å²) in [4.78, 5) is 10.3. The second-order valence-corrected chi connectivity index (χ2v) is 2.59. The second kappa shape index (κ2) is 3.87. The first-order valence-corrected chi connectivity index (χ1v) is 3.65. The van der Waals surface area contributed by atoms with Crippen LogP contribution in [0.1, 0.15) is 5.56 Å². The molecule has 1 amide bonds. The average molecular weight is 168 g/mol. The highest BCUT2D eigenvalue weighted by Gasteiger charge is 1.96. The number of nitrogens with one attached hydrogen (secondary N) is 1. The van der Waals surface area contributed by atoms with Crippen molar-refractivity contribution in [2.24, 2.45) is 12.8 Å². The Hall–Kier alpha value is -1.36. The number of hydrogen-bond donors (Lipinski definition) is 2. The number of nitrogens with two attached hydrogens (primary N) is 1. The van der Waals surface area contributed by atoms with Crippen LogP contribution in [-0.2, 0) is 18.4 Å². The van der Waals surface area contributed by atoms with E-state index < -0.39 is 0 Å². The van der Waals surface area contributed by atoms with E-state index in [1.807, 2.05) is 13.2 Å². The number of amides is 1. The van der Waals surface area contributed by atoms with E-state index in [-0.39, 0.29) is 12.5 Å². The van der Waals surface area contributed by atoms with Gasteiger partial charge in [-0.3, -0.25) is 9.48 Å². The first-order valence-electron chi connectivity index (χ1n) is 3.65. The maximum atomic E-state index is 10.3. The minimum atomic E-state index is -0.348. The minimum absolute atomic E-state index is 0.203. The fourth-order valence-electron chi connectivity index (χ4n) is 0.893. The van der Waals surface area contributed by atoms with E-state index in [1.54, 1.807) is 10.9 Å². The first-order chi connectivity index (χ1) is 5.68. The molecule has 66 valence electrons. The van der Waals surface area contributed by atoms with Gasteiger partial charge in [0.25, 0.3) is 0 Å². The molecule has 0 saturated carbocycles. The summed E-state index contributed by atoms with van der Waals surface area (Å²) in [6.45, 7) is 0.825. The number of carbonyl (C=O) groups excluding carboxylic acids is 1. The number of aromatic nitrogens is 2. The molecule has 0 saturated heterocycles. The van der Waals surface area contributed by atoms with Crippen molar-refractivity contribution in [1.82, 2.24) is 15.1 Å². The van der Waals surface area contributed by atoms with Crippen molar-refractivity contribution in [1.29, 1.82) is 0 Å². The van der Waals surface area contributed by atoms with Gasteiger partial charge in [0.05, 0.1) is 12.7 Å². The predicted octanol–water partition coefficient (Wildman–Crippen LogP) is -1.00. The Bertz CT molecular complexity index is 268. The van der Waals surface area contributed by atoms with Crippen molar-refractivity contribution in [2.45, 2.75) is 6.54 Å². The van der Waals surface area contributed by atoms with Gasteiger partial charge in [0, 0.05) is 25.4 Å². The Morgan fingerprint density at radius 1 is 1.83 bits per heavy atom. The van der Waals surface area contributed by atoms with Crippen molar-refractivity contribution in [3.05, 3.63) is 18.0 Å². The number of hydrogen-bond acceptors (Lipinski definition) is 3. The van der Waals surface area contributed by atoms with Crippen LogP contribution in [-0.4, -0.2) is 22.2 Å². The molecule has 0 unspecified atom stereocenters. The molecule has 0 atom stereocenters. The van der Waals surface area contributed by atoms with Crippen molar-refractivity contribution < 1.29 is 4.79 Å². The highest BCUT2D eigenvalue weighted by molar-refractivity contribution is 5.75. The zero-order chi connectivity index (χ0) is 8.97.